The van der Waals surface area contributed by atoms with E-state index in [9.17, 15) is 4.79 Å². The summed E-state index contributed by atoms with van der Waals surface area (Å²) in [5.74, 6) is -0.154. The third-order valence-electron chi connectivity index (χ3n) is 2.52. The molecule has 1 fully saturated rings. The Bertz CT molecular complexity index is 393. The Balaban J connectivity index is 2.15. The second kappa shape index (κ2) is 4.80. The van der Waals surface area contributed by atoms with Crippen molar-refractivity contribution in [2.75, 3.05) is 13.2 Å². The van der Waals surface area contributed by atoms with Crippen LogP contribution in [0, 0.1) is 0 Å². The predicted molar refractivity (Wildman–Crippen MR) is 60.4 cm³/mol. The van der Waals surface area contributed by atoms with Gasteiger partial charge in [0.2, 0.25) is 0 Å². The zero-order valence-corrected chi connectivity index (χ0v) is 9.52. The topological polar surface area (TPSA) is 53.4 Å². The first-order chi connectivity index (χ1) is 7.72. The number of rotatable bonds is 4. The van der Waals surface area contributed by atoms with Crippen molar-refractivity contribution in [2.24, 2.45) is 0 Å². The third kappa shape index (κ3) is 2.51. The maximum Gasteiger partial charge on any atom is 0.272 e. The highest BCUT2D eigenvalue weighted by atomic mass is 35.5. The highest BCUT2D eigenvalue weighted by Crippen LogP contribution is 2.27. The average molecular weight is 241 g/mol. The molecule has 1 N–H and O–H groups in total. The second-order valence-corrected chi connectivity index (χ2v) is 4.19. The minimum Gasteiger partial charge on any atom is -0.395 e. The summed E-state index contributed by atoms with van der Waals surface area (Å²) in [6.45, 7) is 0.334. The van der Waals surface area contributed by atoms with Crippen LogP contribution >= 0.6 is 11.6 Å². The van der Waals surface area contributed by atoms with E-state index >= 15 is 0 Å². The molecule has 1 aromatic rings. The van der Waals surface area contributed by atoms with E-state index in [0.717, 1.165) is 12.8 Å². The number of aliphatic hydroxyl groups is 1. The van der Waals surface area contributed by atoms with Gasteiger partial charge in [-0.1, -0.05) is 17.7 Å². The van der Waals surface area contributed by atoms with Crippen LogP contribution in [0.25, 0.3) is 0 Å². The average Bonchev–Trinajstić information content (AvgIpc) is 3.09. The van der Waals surface area contributed by atoms with Crippen LogP contribution in [0.15, 0.2) is 18.2 Å². The summed E-state index contributed by atoms with van der Waals surface area (Å²) < 4.78 is 0. The van der Waals surface area contributed by atoms with Gasteiger partial charge in [0.05, 0.1) is 6.61 Å². The smallest absolute Gasteiger partial charge is 0.272 e. The molecule has 1 aliphatic rings. The number of hydrogen-bond acceptors (Lipinski definition) is 3. The fraction of sp³-hybridized carbons (Fsp3) is 0.455. The van der Waals surface area contributed by atoms with Crippen molar-refractivity contribution in [3.63, 3.8) is 0 Å². The van der Waals surface area contributed by atoms with E-state index in [-0.39, 0.29) is 18.6 Å². The van der Waals surface area contributed by atoms with E-state index in [0.29, 0.717) is 17.4 Å². The van der Waals surface area contributed by atoms with Crippen molar-refractivity contribution < 1.29 is 9.90 Å². The van der Waals surface area contributed by atoms with Gasteiger partial charge in [-0.2, -0.15) is 0 Å². The zero-order chi connectivity index (χ0) is 11.5. The third-order valence-corrected chi connectivity index (χ3v) is 2.73. The summed E-state index contributed by atoms with van der Waals surface area (Å²) in [4.78, 5) is 17.7. The summed E-state index contributed by atoms with van der Waals surface area (Å²) >= 11 is 5.73. The number of aromatic nitrogens is 1. The van der Waals surface area contributed by atoms with Crippen molar-refractivity contribution in [1.82, 2.24) is 9.88 Å². The molecular weight excluding hydrogens is 228 g/mol. The molecule has 1 amide bonds. The largest absolute Gasteiger partial charge is 0.395 e. The number of carbonyl (C=O) groups is 1. The molecule has 16 heavy (non-hydrogen) atoms. The number of nitrogens with zero attached hydrogens (tertiary/aromatic N) is 2. The second-order valence-electron chi connectivity index (χ2n) is 3.80. The van der Waals surface area contributed by atoms with Gasteiger partial charge in [0.1, 0.15) is 10.8 Å². The van der Waals surface area contributed by atoms with Gasteiger partial charge in [-0.15, -0.1) is 0 Å². The Morgan fingerprint density at radius 3 is 2.88 bits per heavy atom. The van der Waals surface area contributed by atoms with Crippen LogP contribution in [-0.4, -0.2) is 40.1 Å². The van der Waals surface area contributed by atoms with Gasteiger partial charge in [0, 0.05) is 12.6 Å². The summed E-state index contributed by atoms with van der Waals surface area (Å²) in [7, 11) is 0. The van der Waals surface area contributed by atoms with E-state index in [2.05, 4.69) is 4.98 Å². The number of amides is 1. The van der Waals surface area contributed by atoms with Gasteiger partial charge in [-0.3, -0.25) is 4.79 Å². The van der Waals surface area contributed by atoms with Crippen LogP contribution in [0.3, 0.4) is 0 Å². The highest BCUT2D eigenvalue weighted by molar-refractivity contribution is 6.29. The molecule has 5 heteroatoms. The molecule has 4 nitrogen and oxygen atoms in total. The minimum atomic E-state index is -0.154. The number of carbonyl (C=O) groups excluding carboxylic acids is 1. The van der Waals surface area contributed by atoms with Gasteiger partial charge >= 0.3 is 0 Å². The lowest BCUT2D eigenvalue weighted by molar-refractivity contribution is 0.0702. The van der Waals surface area contributed by atoms with Crippen molar-refractivity contribution >= 4 is 17.5 Å². The van der Waals surface area contributed by atoms with E-state index in [4.69, 9.17) is 16.7 Å². The first-order valence-electron chi connectivity index (χ1n) is 5.27. The van der Waals surface area contributed by atoms with E-state index in [1.807, 2.05) is 0 Å². The fourth-order valence-electron chi connectivity index (χ4n) is 1.62. The van der Waals surface area contributed by atoms with E-state index in [1.54, 1.807) is 23.1 Å². The Labute approximate surface area is 98.9 Å². The molecule has 0 aliphatic heterocycles. The van der Waals surface area contributed by atoms with Crippen LogP contribution < -0.4 is 0 Å². The number of halogens is 1. The molecule has 0 unspecified atom stereocenters. The number of aliphatic hydroxyl groups excluding tert-OH is 1. The Hall–Kier alpha value is -1.13. The number of hydrogen-bond donors (Lipinski definition) is 1. The van der Waals surface area contributed by atoms with E-state index in [1.165, 1.54) is 0 Å². The zero-order valence-electron chi connectivity index (χ0n) is 8.77. The van der Waals surface area contributed by atoms with Gasteiger partial charge in [-0.25, -0.2) is 4.98 Å². The van der Waals surface area contributed by atoms with Crippen LogP contribution in [0.2, 0.25) is 5.15 Å². The quantitative estimate of drug-likeness (QED) is 0.808. The maximum absolute atomic E-state index is 12.1. The Kier molecular flexibility index (Phi) is 3.41. The maximum atomic E-state index is 12.1. The molecule has 0 bridgehead atoms. The minimum absolute atomic E-state index is 0.0250. The van der Waals surface area contributed by atoms with Gasteiger partial charge in [0.15, 0.2) is 0 Å². The molecular formula is C11H13ClN2O2. The predicted octanol–water partition coefficient (Wildman–Crippen LogP) is 1.33. The summed E-state index contributed by atoms with van der Waals surface area (Å²) in [6, 6.07) is 5.24. The molecule has 86 valence electrons. The molecule has 0 aromatic carbocycles. The summed E-state index contributed by atoms with van der Waals surface area (Å²) in [6.07, 6.45) is 2.01. The molecule has 1 heterocycles. The monoisotopic (exact) mass is 240 g/mol. The normalized spacial score (nSPS) is 14.9. The SMILES string of the molecule is O=C(c1cccc(Cl)n1)N(CCO)C1CC1. The molecule has 0 saturated heterocycles. The Morgan fingerprint density at radius 1 is 1.56 bits per heavy atom. The van der Waals surface area contributed by atoms with Crippen molar-refractivity contribution in [1.29, 1.82) is 0 Å². The van der Waals surface area contributed by atoms with Crippen molar-refractivity contribution in [2.45, 2.75) is 18.9 Å². The molecule has 1 saturated carbocycles. The van der Waals surface area contributed by atoms with Crippen molar-refractivity contribution in [3.8, 4) is 0 Å². The van der Waals surface area contributed by atoms with Gasteiger partial charge in [-0.05, 0) is 25.0 Å². The van der Waals surface area contributed by atoms with Crippen LogP contribution in [0.1, 0.15) is 23.3 Å². The van der Waals surface area contributed by atoms with Crippen molar-refractivity contribution in [3.05, 3.63) is 29.0 Å². The lowest BCUT2D eigenvalue weighted by Gasteiger charge is -2.20. The molecule has 0 spiro atoms. The first kappa shape index (κ1) is 11.4. The highest BCUT2D eigenvalue weighted by Gasteiger charge is 2.33. The first-order valence-corrected chi connectivity index (χ1v) is 5.64. The standard InChI is InChI=1S/C11H13ClN2O2/c12-10-3-1-2-9(13-10)11(16)14(6-7-15)8-4-5-8/h1-3,8,15H,4-7H2. The Morgan fingerprint density at radius 2 is 2.31 bits per heavy atom. The molecule has 1 aliphatic carbocycles. The van der Waals surface area contributed by atoms with Crippen LogP contribution in [0.5, 0.6) is 0 Å². The molecule has 2 rings (SSSR count). The fourth-order valence-corrected chi connectivity index (χ4v) is 1.78. The van der Waals surface area contributed by atoms with Crippen LogP contribution in [-0.2, 0) is 0 Å². The van der Waals surface area contributed by atoms with Crippen LogP contribution in [0.4, 0.5) is 0 Å². The van der Waals surface area contributed by atoms with E-state index < -0.39 is 0 Å². The lowest BCUT2D eigenvalue weighted by atomic mass is 10.3. The molecule has 1 aromatic heterocycles. The van der Waals surface area contributed by atoms with Gasteiger partial charge in [0.25, 0.3) is 5.91 Å². The summed E-state index contributed by atoms with van der Waals surface area (Å²) in [5.41, 5.74) is 0.341. The summed E-state index contributed by atoms with van der Waals surface area (Å²) in [5, 5.41) is 9.23. The number of pyridine rings is 1. The molecule has 0 radical (unpaired) electrons. The van der Waals surface area contributed by atoms with Gasteiger partial charge < -0.3 is 10.0 Å². The molecule has 0 atom stereocenters. The lowest BCUT2D eigenvalue weighted by Crippen LogP contribution is -2.35.